The van der Waals surface area contributed by atoms with Crippen molar-refractivity contribution in [2.24, 2.45) is 0 Å². The van der Waals surface area contributed by atoms with Gasteiger partial charge < -0.3 is 10.1 Å². The van der Waals surface area contributed by atoms with Gasteiger partial charge in [-0.2, -0.15) is 13.2 Å². The van der Waals surface area contributed by atoms with E-state index < -0.39 is 17.3 Å². The molecule has 1 aromatic heterocycles. The van der Waals surface area contributed by atoms with Crippen LogP contribution in [0, 0.1) is 0 Å². The maximum absolute atomic E-state index is 12.9. The van der Waals surface area contributed by atoms with Gasteiger partial charge in [-0.3, -0.25) is 24.5 Å². The predicted molar refractivity (Wildman–Crippen MR) is 162 cm³/mol. The summed E-state index contributed by atoms with van der Waals surface area (Å²) in [6, 6.07) is 16.8. The molecule has 0 bridgehead atoms. The fraction of sp³-hybridized carbons (Fsp3) is 0.441. The summed E-state index contributed by atoms with van der Waals surface area (Å²) in [5.74, 6) is -0.0881. The molecule has 0 radical (unpaired) electrons. The first-order valence-corrected chi connectivity index (χ1v) is 15.5. The summed E-state index contributed by atoms with van der Waals surface area (Å²) in [4.78, 5) is 36.2. The molecule has 238 valence electrons. The number of ether oxygens (including phenoxy) is 1. The average molecular weight is 622 g/mol. The van der Waals surface area contributed by atoms with Gasteiger partial charge in [0.05, 0.1) is 12.1 Å². The van der Waals surface area contributed by atoms with Crippen molar-refractivity contribution >= 4 is 12.0 Å². The maximum atomic E-state index is 12.9. The number of nitrogens with zero attached hydrogens (tertiary/aromatic N) is 4. The summed E-state index contributed by atoms with van der Waals surface area (Å²) in [5.41, 5.74) is 2.33. The van der Waals surface area contributed by atoms with Crippen molar-refractivity contribution < 1.29 is 27.5 Å². The molecule has 45 heavy (non-hydrogen) atoms. The van der Waals surface area contributed by atoms with Crippen molar-refractivity contribution in [2.75, 3.05) is 32.7 Å². The van der Waals surface area contributed by atoms with Gasteiger partial charge in [0, 0.05) is 82.7 Å². The maximum Gasteiger partial charge on any atom is 0.416 e. The number of alkyl halides is 3. The molecule has 3 saturated heterocycles. The summed E-state index contributed by atoms with van der Waals surface area (Å²) in [5, 5.41) is 3.17. The van der Waals surface area contributed by atoms with Crippen LogP contribution >= 0.6 is 0 Å². The van der Waals surface area contributed by atoms with E-state index in [4.69, 9.17) is 4.74 Å². The molecule has 8 nitrogen and oxygen atoms in total. The largest absolute Gasteiger partial charge is 0.441 e. The zero-order chi connectivity index (χ0) is 31.4. The van der Waals surface area contributed by atoms with E-state index in [2.05, 4.69) is 26.2 Å². The minimum Gasteiger partial charge on any atom is -0.441 e. The quantitative estimate of drug-likeness (QED) is 0.359. The molecule has 1 N–H and O–H groups in total. The molecule has 0 saturated carbocycles. The van der Waals surface area contributed by atoms with Gasteiger partial charge in [0.1, 0.15) is 5.60 Å². The third-order valence-electron chi connectivity index (χ3n) is 9.14. The molecule has 0 unspecified atom stereocenters. The third kappa shape index (κ3) is 7.83. The number of pyridine rings is 1. The fourth-order valence-corrected chi connectivity index (χ4v) is 6.49. The number of benzene rings is 2. The minimum absolute atomic E-state index is 0.0881. The molecular formula is C34H38F3N5O3. The molecule has 3 aliphatic rings. The van der Waals surface area contributed by atoms with Crippen LogP contribution in [-0.2, 0) is 30.5 Å². The number of halogens is 3. The average Bonchev–Trinajstić information content (AvgIpc) is 3.33. The van der Waals surface area contributed by atoms with Crippen LogP contribution in [0.5, 0.6) is 0 Å². The van der Waals surface area contributed by atoms with E-state index in [9.17, 15) is 22.8 Å². The number of carbonyl (C=O) groups excluding carboxylic acids is 2. The van der Waals surface area contributed by atoms with Crippen molar-refractivity contribution in [2.45, 2.75) is 63.1 Å². The Balaban J connectivity index is 0.941. The number of carbonyl (C=O) groups is 2. The Hall–Kier alpha value is -3.96. The predicted octanol–water partition coefficient (Wildman–Crippen LogP) is 5.48. The van der Waals surface area contributed by atoms with Crippen molar-refractivity contribution in [1.82, 2.24) is 25.0 Å². The second-order valence-corrected chi connectivity index (χ2v) is 12.5. The molecule has 0 atom stereocenters. The van der Waals surface area contributed by atoms with E-state index in [0.717, 1.165) is 55.7 Å². The second-order valence-electron chi connectivity index (χ2n) is 12.5. The number of likely N-dealkylation sites (tertiary alicyclic amines) is 2. The Morgan fingerprint density at radius 2 is 1.49 bits per heavy atom. The van der Waals surface area contributed by atoms with E-state index in [1.807, 2.05) is 24.4 Å². The Morgan fingerprint density at radius 3 is 2.13 bits per heavy atom. The lowest BCUT2D eigenvalue weighted by Gasteiger charge is -2.37. The molecule has 4 heterocycles. The van der Waals surface area contributed by atoms with E-state index in [1.54, 1.807) is 23.2 Å². The van der Waals surface area contributed by atoms with E-state index in [-0.39, 0.29) is 18.0 Å². The molecular weight excluding hydrogens is 583 g/mol. The Kier molecular flexibility index (Phi) is 9.09. The lowest BCUT2D eigenvalue weighted by atomic mass is 9.91. The smallest absolute Gasteiger partial charge is 0.416 e. The van der Waals surface area contributed by atoms with Gasteiger partial charge in [-0.05, 0) is 59.9 Å². The van der Waals surface area contributed by atoms with Crippen LogP contribution in [0.25, 0.3) is 0 Å². The van der Waals surface area contributed by atoms with Gasteiger partial charge >= 0.3 is 12.3 Å². The van der Waals surface area contributed by atoms with Gasteiger partial charge in [-0.15, -0.1) is 0 Å². The summed E-state index contributed by atoms with van der Waals surface area (Å²) < 4.78 is 44.5. The normalized spacial score (nSPS) is 19.5. The minimum atomic E-state index is -4.34. The Bertz CT molecular complexity index is 1450. The molecule has 2 aromatic carbocycles. The van der Waals surface area contributed by atoms with Gasteiger partial charge in [0.2, 0.25) is 0 Å². The van der Waals surface area contributed by atoms with Crippen LogP contribution in [0.15, 0.2) is 73.1 Å². The van der Waals surface area contributed by atoms with Crippen molar-refractivity contribution in [3.05, 3.63) is 101 Å². The Labute approximate surface area is 261 Å². The highest BCUT2D eigenvalue weighted by molar-refractivity contribution is 5.94. The third-order valence-corrected chi connectivity index (χ3v) is 9.14. The number of amides is 2. The highest BCUT2D eigenvalue weighted by atomic mass is 19.4. The highest BCUT2D eigenvalue weighted by Gasteiger charge is 2.46. The highest BCUT2D eigenvalue weighted by Crippen LogP contribution is 2.35. The van der Waals surface area contributed by atoms with Gasteiger partial charge in [-0.1, -0.05) is 30.3 Å². The summed E-state index contributed by atoms with van der Waals surface area (Å²) >= 11 is 0. The van der Waals surface area contributed by atoms with Gasteiger partial charge in [0.25, 0.3) is 5.91 Å². The molecule has 3 aromatic rings. The Morgan fingerprint density at radius 1 is 0.867 bits per heavy atom. The molecule has 0 aliphatic carbocycles. The summed E-state index contributed by atoms with van der Waals surface area (Å²) in [6.07, 6.45) is 2.11. The lowest BCUT2D eigenvalue weighted by Crippen LogP contribution is -2.46. The van der Waals surface area contributed by atoms with E-state index in [0.29, 0.717) is 51.1 Å². The summed E-state index contributed by atoms with van der Waals surface area (Å²) in [7, 11) is 0. The molecule has 2 amide bonds. The first-order chi connectivity index (χ1) is 21.6. The van der Waals surface area contributed by atoms with Gasteiger partial charge in [0.15, 0.2) is 0 Å². The first kappa shape index (κ1) is 31.0. The second kappa shape index (κ2) is 13.2. The van der Waals surface area contributed by atoms with Crippen molar-refractivity contribution in [1.29, 1.82) is 0 Å². The molecule has 3 aliphatic heterocycles. The lowest BCUT2D eigenvalue weighted by molar-refractivity contribution is -0.137. The summed E-state index contributed by atoms with van der Waals surface area (Å²) in [6.45, 7) is 5.52. The molecule has 1 spiro atoms. The zero-order valence-electron chi connectivity index (χ0n) is 25.1. The molecule has 3 fully saturated rings. The monoisotopic (exact) mass is 621 g/mol. The van der Waals surface area contributed by atoms with Crippen LogP contribution in [0.1, 0.15) is 58.3 Å². The standard InChI is InChI=1S/C34H38F3N5O3/c35-34(36,37)29-9-5-25(6-10-29)21-41-18-13-33(14-19-41)24-42(32(44)45-33)23-26-3-7-28(8-4-26)31(43)39-30-11-16-40(17-12-30)22-27-2-1-15-38-20-27/h1-10,15,20,30H,11-14,16-19,21-24H2,(H,39,43). The van der Waals surface area contributed by atoms with E-state index >= 15 is 0 Å². The molecule has 11 heteroatoms. The van der Waals surface area contributed by atoms with Crippen LogP contribution in [-0.4, -0.2) is 76.1 Å². The number of rotatable bonds is 8. The van der Waals surface area contributed by atoms with Crippen LogP contribution in [0.3, 0.4) is 0 Å². The van der Waals surface area contributed by atoms with Gasteiger partial charge in [-0.25, -0.2) is 4.79 Å². The van der Waals surface area contributed by atoms with Crippen LogP contribution < -0.4 is 5.32 Å². The van der Waals surface area contributed by atoms with Crippen molar-refractivity contribution in [3.8, 4) is 0 Å². The van der Waals surface area contributed by atoms with Crippen LogP contribution in [0.4, 0.5) is 18.0 Å². The topological polar surface area (TPSA) is 78.0 Å². The number of hydrogen-bond donors (Lipinski definition) is 1. The van der Waals surface area contributed by atoms with Crippen molar-refractivity contribution in [3.63, 3.8) is 0 Å². The van der Waals surface area contributed by atoms with Crippen LogP contribution in [0.2, 0.25) is 0 Å². The van der Waals surface area contributed by atoms with E-state index in [1.165, 1.54) is 17.7 Å². The zero-order valence-corrected chi connectivity index (χ0v) is 25.1. The molecule has 6 rings (SSSR count). The first-order valence-electron chi connectivity index (χ1n) is 15.5. The number of nitrogens with one attached hydrogen (secondary N) is 1. The number of hydrogen-bond acceptors (Lipinski definition) is 6. The fourth-order valence-electron chi connectivity index (χ4n) is 6.49. The number of aromatic nitrogens is 1. The SMILES string of the molecule is O=C(NC1CCN(Cc2cccnc2)CC1)c1ccc(CN2CC3(CCN(Cc4ccc(C(F)(F)F)cc4)CC3)OC2=O)cc1. The number of piperidine rings is 2.